The quantitative estimate of drug-likeness (QED) is 0.294. The molecule has 0 aromatic rings. The molecular formula is C17H34N2OW. The third-order valence-corrected chi connectivity index (χ3v) is 3.93. The Morgan fingerprint density at radius 2 is 1.71 bits per heavy atom. The van der Waals surface area contributed by atoms with Crippen molar-refractivity contribution in [2.45, 2.75) is 32.1 Å². The fraction of sp³-hybridized carbons (Fsp3) is 0.824. The first-order valence-electron chi connectivity index (χ1n) is 7.65. The largest absolute Gasteiger partial charge is 2.00 e. The Bertz CT molecular complexity index is 239. The van der Waals surface area contributed by atoms with E-state index in [-0.39, 0.29) is 28.5 Å². The minimum absolute atomic E-state index is 0. The summed E-state index contributed by atoms with van der Waals surface area (Å²) < 4.78 is 5.75. The van der Waals surface area contributed by atoms with Crippen LogP contribution in [0.5, 0.6) is 0 Å². The van der Waals surface area contributed by atoms with Crippen LogP contribution in [0.3, 0.4) is 0 Å². The molecule has 0 spiro atoms. The summed E-state index contributed by atoms with van der Waals surface area (Å²) in [5.41, 5.74) is 0. The third-order valence-electron chi connectivity index (χ3n) is 3.93. The van der Waals surface area contributed by atoms with E-state index in [1.54, 1.807) is 0 Å². The molecule has 0 N–H and O–H groups in total. The molecule has 0 bridgehead atoms. The van der Waals surface area contributed by atoms with Gasteiger partial charge in [0.2, 0.25) is 0 Å². The molecule has 0 atom stereocenters. The van der Waals surface area contributed by atoms with Crippen LogP contribution in [0.15, 0.2) is 12.2 Å². The van der Waals surface area contributed by atoms with E-state index in [1.165, 1.54) is 32.1 Å². The molecule has 0 unspecified atom stereocenters. The molecule has 0 radical (unpaired) electrons. The first-order chi connectivity index (χ1) is 9.22. The van der Waals surface area contributed by atoms with Crippen molar-refractivity contribution in [3.8, 4) is 0 Å². The summed E-state index contributed by atoms with van der Waals surface area (Å²) in [6, 6.07) is 0. The second-order valence-electron chi connectivity index (χ2n) is 5.99. The van der Waals surface area contributed by atoms with E-state index in [9.17, 15) is 0 Å². The Balaban J connectivity index is 0. The average Bonchev–Trinajstić information content (AvgIpc) is 2.41. The predicted octanol–water partition coefficient (Wildman–Crippen LogP) is 3.77. The van der Waals surface area contributed by atoms with Gasteiger partial charge < -0.3 is 22.4 Å². The number of ether oxygens (including phenoxy) is 1. The predicted molar refractivity (Wildman–Crippen MR) is 89.1 cm³/mol. The summed E-state index contributed by atoms with van der Waals surface area (Å²) >= 11 is 0. The first-order valence-corrected chi connectivity index (χ1v) is 7.65. The van der Waals surface area contributed by atoms with E-state index >= 15 is 0 Å². The summed E-state index contributed by atoms with van der Waals surface area (Å²) in [7, 11) is 6.08. The maximum absolute atomic E-state index is 5.75. The fourth-order valence-electron chi connectivity index (χ4n) is 2.65. The summed E-state index contributed by atoms with van der Waals surface area (Å²) in [6.07, 6.45) is 11.0. The van der Waals surface area contributed by atoms with E-state index in [1.807, 2.05) is 7.05 Å². The average molecular weight is 466 g/mol. The maximum atomic E-state index is 5.75. The van der Waals surface area contributed by atoms with Gasteiger partial charge in [-0.15, -0.1) is 6.54 Å². The van der Waals surface area contributed by atoms with Crippen LogP contribution in [-0.2, 0) is 25.8 Å². The molecule has 0 aromatic heterocycles. The molecule has 1 aliphatic carbocycles. The topological polar surface area (TPSA) is 26.6 Å². The number of rotatable bonds is 9. The monoisotopic (exact) mass is 466 g/mol. The molecule has 0 heterocycles. The van der Waals surface area contributed by atoms with Crippen molar-refractivity contribution >= 4 is 0 Å². The Morgan fingerprint density at radius 1 is 1.10 bits per heavy atom. The molecule has 1 saturated carbocycles. The molecule has 124 valence electrons. The SMILES string of the molecule is C[N-]CCC1CCC(COC/C=C/CN(C)C)CC1.[CH3-].[W+2]. The molecule has 3 nitrogen and oxygen atoms in total. The standard InChI is InChI=1S/C16H31N2O.CH3.W/c1-17-11-10-15-6-8-16(9-7-15)14-19-13-5-4-12-18(2)3;;/h4-5,15-16H,6-14H2,1-3H3;1H3;/q2*-1;+2/b5-4+;;. The van der Waals surface area contributed by atoms with Gasteiger partial charge in [-0.05, 0) is 38.8 Å². The van der Waals surface area contributed by atoms with Gasteiger partial charge in [0.05, 0.1) is 6.61 Å². The number of hydrogen-bond donors (Lipinski definition) is 0. The van der Waals surface area contributed by atoms with Crippen LogP contribution in [0.25, 0.3) is 5.32 Å². The van der Waals surface area contributed by atoms with Gasteiger partial charge >= 0.3 is 21.1 Å². The van der Waals surface area contributed by atoms with Gasteiger partial charge in [0, 0.05) is 13.2 Å². The molecule has 0 saturated heterocycles. The van der Waals surface area contributed by atoms with Gasteiger partial charge in [0.25, 0.3) is 0 Å². The van der Waals surface area contributed by atoms with Crippen molar-refractivity contribution in [3.05, 3.63) is 24.9 Å². The van der Waals surface area contributed by atoms with Crippen molar-refractivity contribution in [2.24, 2.45) is 11.8 Å². The molecule has 1 rings (SSSR count). The number of hydrogen-bond acceptors (Lipinski definition) is 2. The molecular weight excluding hydrogens is 432 g/mol. The van der Waals surface area contributed by atoms with E-state index in [2.05, 4.69) is 36.5 Å². The van der Waals surface area contributed by atoms with Crippen molar-refractivity contribution in [1.29, 1.82) is 0 Å². The molecule has 0 aliphatic heterocycles. The minimum atomic E-state index is 0. The van der Waals surface area contributed by atoms with Crippen LogP contribution in [0, 0.1) is 19.3 Å². The zero-order valence-corrected chi connectivity index (χ0v) is 17.3. The molecule has 1 aliphatic rings. The fourth-order valence-corrected chi connectivity index (χ4v) is 2.65. The smallest absolute Gasteiger partial charge is 0.665 e. The van der Waals surface area contributed by atoms with Gasteiger partial charge in [-0.2, -0.15) is 7.05 Å². The molecule has 0 aromatic carbocycles. The zero-order valence-electron chi connectivity index (χ0n) is 14.4. The van der Waals surface area contributed by atoms with E-state index in [0.717, 1.165) is 38.1 Å². The van der Waals surface area contributed by atoms with Gasteiger partial charge in [-0.3, -0.25) is 0 Å². The molecule has 1 fully saturated rings. The van der Waals surface area contributed by atoms with Crippen LogP contribution in [0.2, 0.25) is 0 Å². The van der Waals surface area contributed by atoms with Crippen LogP contribution >= 0.6 is 0 Å². The van der Waals surface area contributed by atoms with Crippen LogP contribution in [0.4, 0.5) is 0 Å². The molecule has 0 amide bonds. The van der Waals surface area contributed by atoms with Crippen LogP contribution in [-0.4, -0.2) is 52.3 Å². The summed E-state index contributed by atoms with van der Waals surface area (Å²) in [5, 5.41) is 4.20. The first kappa shape index (κ1) is 23.6. The molecule has 21 heavy (non-hydrogen) atoms. The zero-order chi connectivity index (χ0) is 13.9. The summed E-state index contributed by atoms with van der Waals surface area (Å²) in [6.45, 7) is 3.75. The Morgan fingerprint density at radius 3 is 2.29 bits per heavy atom. The van der Waals surface area contributed by atoms with Gasteiger partial charge in [-0.1, -0.05) is 31.4 Å². The third kappa shape index (κ3) is 12.5. The minimum Gasteiger partial charge on any atom is -0.665 e. The summed E-state index contributed by atoms with van der Waals surface area (Å²) in [5.74, 6) is 1.71. The van der Waals surface area contributed by atoms with Crippen molar-refractivity contribution in [2.75, 3.05) is 47.4 Å². The normalized spacial score (nSPS) is 22.1. The number of nitrogens with zero attached hydrogens (tertiary/aromatic N) is 2. The summed E-state index contributed by atoms with van der Waals surface area (Å²) in [4.78, 5) is 2.15. The van der Waals surface area contributed by atoms with Crippen LogP contribution < -0.4 is 0 Å². The van der Waals surface area contributed by atoms with Gasteiger partial charge in [0.1, 0.15) is 0 Å². The second kappa shape index (κ2) is 15.2. The van der Waals surface area contributed by atoms with Gasteiger partial charge in [-0.25, -0.2) is 0 Å². The van der Waals surface area contributed by atoms with Gasteiger partial charge in [0.15, 0.2) is 0 Å². The Kier molecular flexibility index (Phi) is 17.1. The van der Waals surface area contributed by atoms with E-state index in [4.69, 9.17) is 4.74 Å². The van der Waals surface area contributed by atoms with Crippen LogP contribution in [0.1, 0.15) is 32.1 Å². The molecule has 4 heteroatoms. The van der Waals surface area contributed by atoms with Crippen molar-refractivity contribution in [1.82, 2.24) is 4.90 Å². The van der Waals surface area contributed by atoms with Crippen molar-refractivity contribution in [3.63, 3.8) is 0 Å². The number of likely N-dealkylation sites (N-methyl/N-ethyl adjacent to an activating group) is 1. The second-order valence-corrected chi connectivity index (χ2v) is 5.99. The van der Waals surface area contributed by atoms with Crippen molar-refractivity contribution < 1.29 is 25.8 Å². The van der Waals surface area contributed by atoms with E-state index in [0.29, 0.717) is 0 Å². The Labute approximate surface area is 147 Å². The maximum Gasteiger partial charge on any atom is 2.00 e. The van der Waals surface area contributed by atoms with E-state index < -0.39 is 0 Å². The Hall–Kier alpha value is 0.308.